The average Bonchev–Trinajstić information content (AvgIpc) is 3.08. The fourth-order valence-corrected chi connectivity index (χ4v) is 5.70. The summed E-state index contributed by atoms with van der Waals surface area (Å²) < 4.78 is 10.2. The molecular formula is C21H30N2O7S. The first kappa shape index (κ1) is 23.6. The van der Waals surface area contributed by atoms with Crippen LogP contribution in [-0.4, -0.2) is 76.4 Å². The molecule has 4 unspecified atom stereocenters. The Labute approximate surface area is 186 Å². The fraction of sp³-hybridized carbons (Fsp3) is 0.714. The third-order valence-corrected chi connectivity index (χ3v) is 7.36. The lowest BCUT2D eigenvalue weighted by atomic mass is 9.79. The zero-order valence-electron chi connectivity index (χ0n) is 18.7. The largest absolute Gasteiger partial charge is 0.427 e. The van der Waals surface area contributed by atoms with Crippen LogP contribution < -0.4 is 0 Å². The van der Waals surface area contributed by atoms with Gasteiger partial charge in [-0.3, -0.25) is 14.4 Å². The molecule has 5 atom stereocenters. The molecule has 9 nitrogen and oxygen atoms in total. The van der Waals surface area contributed by atoms with Crippen molar-refractivity contribution in [2.24, 2.45) is 17.3 Å². The minimum atomic E-state index is -0.843. The van der Waals surface area contributed by atoms with Crippen LogP contribution in [0.1, 0.15) is 41.0 Å². The van der Waals surface area contributed by atoms with E-state index in [4.69, 9.17) is 9.47 Å². The minimum Gasteiger partial charge on any atom is -0.427 e. The molecule has 172 valence electrons. The van der Waals surface area contributed by atoms with Gasteiger partial charge in [-0.1, -0.05) is 6.92 Å². The fourth-order valence-electron chi connectivity index (χ4n) is 4.17. The Hall–Kier alpha value is -2.07. The first-order chi connectivity index (χ1) is 14.3. The molecule has 0 aromatic heterocycles. The lowest BCUT2D eigenvalue weighted by Crippen LogP contribution is -2.63. The summed E-state index contributed by atoms with van der Waals surface area (Å²) in [7, 11) is 1.73. The lowest BCUT2D eigenvalue weighted by Gasteiger charge is -2.46. The van der Waals surface area contributed by atoms with E-state index in [-0.39, 0.29) is 34.7 Å². The topological polar surface area (TPSA) is 113 Å². The standard InChI is InChI=1S/C21H30N2O7S/c1-10-15-14(11(2)24)18(26)23(15)16(17(10)31-12-7-13(25)22(6)8-12)19(27)29-9-30-20(28)21(3,4)5/h10-12,14-15,24H,7-9H2,1-6H3/t10?,11?,12?,14?,15-/m1/s1. The van der Waals surface area contributed by atoms with Crippen molar-refractivity contribution >= 4 is 35.5 Å². The number of esters is 2. The average molecular weight is 455 g/mol. The third kappa shape index (κ3) is 4.32. The van der Waals surface area contributed by atoms with E-state index < -0.39 is 36.2 Å². The normalized spacial score (nSPS) is 29.1. The Kier molecular flexibility index (Phi) is 6.44. The van der Waals surface area contributed by atoms with E-state index >= 15 is 0 Å². The first-order valence-electron chi connectivity index (χ1n) is 10.3. The number of hydrogen-bond acceptors (Lipinski definition) is 8. The molecule has 0 aliphatic carbocycles. The van der Waals surface area contributed by atoms with Crippen molar-refractivity contribution in [3.05, 3.63) is 10.6 Å². The number of thioether (sulfide) groups is 1. The van der Waals surface area contributed by atoms with E-state index in [2.05, 4.69) is 0 Å². The van der Waals surface area contributed by atoms with Crippen molar-refractivity contribution < 1.29 is 33.8 Å². The van der Waals surface area contributed by atoms with Crippen LogP contribution in [0.3, 0.4) is 0 Å². The van der Waals surface area contributed by atoms with Gasteiger partial charge in [-0.05, 0) is 27.7 Å². The van der Waals surface area contributed by atoms with Gasteiger partial charge in [-0.15, -0.1) is 11.8 Å². The monoisotopic (exact) mass is 454 g/mol. The highest BCUT2D eigenvalue weighted by Gasteiger charge is 2.60. The van der Waals surface area contributed by atoms with Crippen LogP contribution in [0.25, 0.3) is 0 Å². The molecule has 3 heterocycles. The van der Waals surface area contributed by atoms with Gasteiger partial charge in [0.05, 0.1) is 23.5 Å². The number of rotatable bonds is 6. The van der Waals surface area contributed by atoms with E-state index in [1.165, 1.54) is 16.7 Å². The van der Waals surface area contributed by atoms with Gasteiger partial charge >= 0.3 is 11.9 Å². The summed E-state index contributed by atoms with van der Waals surface area (Å²) in [5.41, 5.74) is -0.614. The maximum absolute atomic E-state index is 12.9. The molecule has 2 fully saturated rings. The molecule has 0 aromatic rings. The van der Waals surface area contributed by atoms with Crippen LogP contribution in [-0.2, 0) is 28.7 Å². The SMILES string of the molecule is CC(O)C1C(=O)N2C(C(=O)OCOC(=O)C(C)(C)C)=C(SC3CC(=O)N(C)C3)C(C)[C@H]12. The lowest BCUT2D eigenvalue weighted by molar-refractivity contribution is -0.175. The predicted octanol–water partition coefficient (Wildman–Crippen LogP) is 1.11. The number of aliphatic hydroxyl groups excluding tert-OH is 1. The van der Waals surface area contributed by atoms with Crippen LogP contribution in [0.4, 0.5) is 0 Å². The van der Waals surface area contributed by atoms with Crippen molar-refractivity contribution in [3.8, 4) is 0 Å². The molecule has 10 heteroatoms. The molecule has 1 N–H and O–H groups in total. The Morgan fingerprint density at radius 1 is 1.26 bits per heavy atom. The molecule has 0 aromatic carbocycles. The Bertz CT molecular complexity index is 832. The number of aliphatic hydroxyl groups is 1. The Morgan fingerprint density at radius 2 is 1.90 bits per heavy atom. The van der Waals surface area contributed by atoms with Crippen LogP contribution in [0.2, 0.25) is 0 Å². The van der Waals surface area contributed by atoms with Crippen LogP contribution >= 0.6 is 11.8 Å². The van der Waals surface area contributed by atoms with Gasteiger partial charge in [0.15, 0.2) is 0 Å². The second-order valence-corrected chi connectivity index (χ2v) is 10.8. The quantitative estimate of drug-likeness (QED) is 0.361. The number of likely N-dealkylation sites (tertiary alicyclic amines) is 1. The maximum Gasteiger partial charge on any atom is 0.358 e. The molecule has 31 heavy (non-hydrogen) atoms. The number of fused-ring (bicyclic) bond motifs is 1. The predicted molar refractivity (Wildman–Crippen MR) is 112 cm³/mol. The van der Waals surface area contributed by atoms with Crippen molar-refractivity contribution in [2.45, 2.75) is 58.4 Å². The van der Waals surface area contributed by atoms with Crippen molar-refractivity contribution in [1.29, 1.82) is 0 Å². The van der Waals surface area contributed by atoms with Gasteiger partial charge in [0.2, 0.25) is 18.6 Å². The Balaban J connectivity index is 1.80. The summed E-state index contributed by atoms with van der Waals surface area (Å²) in [5.74, 6) is -2.36. The third-order valence-electron chi connectivity index (χ3n) is 5.89. The Morgan fingerprint density at radius 3 is 2.42 bits per heavy atom. The van der Waals surface area contributed by atoms with Crippen molar-refractivity contribution in [1.82, 2.24) is 9.80 Å². The molecule has 0 bridgehead atoms. The van der Waals surface area contributed by atoms with Crippen LogP contribution in [0.15, 0.2) is 10.6 Å². The molecule has 3 aliphatic heterocycles. The molecule has 0 radical (unpaired) electrons. The van der Waals surface area contributed by atoms with Crippen molar-refractivity contribution in [2.75, 3.05) is 20.4 Å². The van der Waals surface area contributed by atoms with Gasteiger partial charge in [-0.25, -0.2) is 4.79 Å². The molecule has 3 rings (SSSR count). The highest BCUT2D eigenvalue weighted by Crippen LogP contribution is 2.52. The number of carbonyl (C=O) groups excluding carboxylic acids is 4. The van der Waals surface area contributed by atoms with Gasteiger partial charge in [0.25, 0.3) is 0 Å². The zero-order valence-corrected chi connectivity index (χ0v) is 19.5. The summed E-state index contributed by atoms with van der Waals surface area (Å²) in [6.45, 7) is 8.52. The number of amides is 2. The van der Waals surface area contributed by atoms with Crippen molar-refractivity contribution in [3.63, 3.8) is 0 Å². The first-order valence-corrected chi connectivity index (χ1v) is 11.2. The van der Waals surface area contributed by atoms with E-state index in [0.717, 1.165) is 0 Å². The summed E-state index contributed by atoms with van der Waals surface area (Å²) in [4.78, 5) is 53.2. The zero-order chi connectivity index (χ0) is 23.2. The van der Waals surface area contributed by atoms with Gasteiger partial charge < -0.3 is 24.4 Å². The smallest absolute Gasteiger partial charge is 0.358 e. The molecule has 2 amide bonds. The summed E-state index contributed by atoms with van der Waals surface area (Å²) >= 11 is 1.41. The van der Waals surface area contributed by atoms with Gasteiger partial charge in [0.1, 0.15) is 5.70 Å². The number of nitrogens with zero attached hydrogens (tertiary/aromatic N) is 2. The number of β-lactam (4-membered cyclic amide) rings is 1. The molecular weight excluding hydrogens is 424 g/mol. The summed E-state index contributed by atoms with van der Waals surface area (Å²) in [6, 6.07) is -0.343. The second-order valence-electron chi connectivity index (χ2n) is 9.42. The number of carbonyl (C=O) groups is 4. The summed E-state index contributed by atoms with van der Waals surface area (Å²) in [5, 5.41) is 10.0. The van der Waals surface area contributed by atoms with Gasteiger partial charge in [-0.2, -0.15) is 0 Å². The number of ether oxygens (including phenoxy) is 2. The van der Waals surface area contributed by atoms with E-state index in [1.54, 1.807) is 39.6 Å². The van der Waals surface area contributed by atoms with Crippen LogP contribution in [0, 0.1) is 17.3 Å². The summed E-state index contributed by atoms with van der Waals surface area (Å²) in [6.07, 6.45) is -0.494. The number of hydrogen-bond donors (Lipinski definition) is 1. The highest BCUT2D eigenvalue weighted by atomic mass is 32.2. The van der Waals surface area contributed by atoms with Gasteiger partial charge in [0, 0.05) is 36.1 Å². The van der Waals surface area contributed by atoms with Crippen LogP contribution in [0.5, 0.6) is 0 Å². The minimum absolute atomic E-state index is 0.0307. The maximum atomic E-state index is 12.9. The highest BCUT2D eigenvalue weighted by molar-refractivity contribution is 8.03. The van der Waals surface area contributed by atoms with E-state index in [9.17, 15) is 24.3 Å². The second kappa shape index (κ2) is 8.46. The molecule has 3 aliphatic rings. The molecule has 0 saturated carbocycles. The molecule has 2 saturated heterocycles. The van der Waals surface area contributed by atoms with E-state index in [1.807, 2.05) is 6.92 Å². The molecule has 0 spiro atoms. The van der Waals surface area contributed by atoms with E-state index in [0.29, 0.717) is 17.9 Å².